The zero-order valence-corrected chi connectivity index (χ0v) is 8.12. The Labute approximate surface area is 65.1 Å². The third-order valence-electron chi connectivity index (χ3n) is 0.578. The Kier molecular flexibility index (Phi) is 3.94. The SMILES string of the molecule is CC(C)CP(=S)(Cl)Cl. The van der Waals surface area contributed by atoms with Gasteiger partial charge in [-0.2, -0.15) is 0 Å². The summed E-state index contributed by atoms with van der Waals surface area (Å²) < 4.78 is -1.94. The Bertz CT molecular complexity index is 107. The largest absolute Gasteiger partial charge is 0.120 e. The predicted octanol–water partition coefficient (Wildman–Crippen LogP) is 3.43. The van der Waals surface area contributed by atoms with Crippen LogP contribution in [0.5, 0.6) is 0 Å². The fraction of sp³-hybridized carbons (Fsp3) is 1.00. The van der Waals surface area contributed by atoms with Crippen molar-refractivity contribution in [2.24, 2.45) is 5.92 Å². The minimum absolute atomic E-state index is 0.524. The molecule has 0 aromatic carbocycles. The quantitative estimate of drug-likeness (QED) is 0.602. The first-order valence-electron chi connectivity index (χ1n) is 2.40. The molecule has 0 heterocycles. The van der Waals surface area contributed by atoms with Gasteiger partial charge in [-0.1, -0.05) is 48.1 Å². The summed E-state index contributed by atoms with van der Waals surface area (Å²) in [7, 11) is 0. The molecule has 0 rings (SSSR count). The molecule has 0 aromatic heterocycles. The van der Waals surface area contributed by atoms with Crippen molar-refractivity contribution < 1.29 is 0 Å². The summed E-state index contributed by atoms with van der Waals surface area (Å²) in [6, 6.07) is 0. The van der Waals surface area contributed by atoms with E-state index in [0.717, 1.165) is 6.16 Å². The molecule has 0 nitrogen and oxygen atoms in total. The van der Waals surface area contributed by atoms with Gasteiger partial charge >= 0.3 is 0 Å². The first-order valence-corrected chi connectivity index (χ1v) is 7.20. The lowest BCUT2D eigenvalue weighted by atomic mass is 10.3. The molecular weight excluding hydrogens is 182 g/mol. The Balaban J connectivity index is 3.56. The molecule has 0 N–H and O–H groups in total. The molecule has 4 heteroatoms. The Morgan fingerprint density at radius 1 is 1.50 bits per heavy atom. The Morgan fingerprint density at radius 3 is 1.88 bits per heavy atom. The average molecular weight is 191 g/mol. The second-order valence-electron chi connectivity index (χ2n) is 2.15. The molecule has 0 aliphatic heterocycles. The topological polar surface area (TPSA) is 0 Å². The number of halogens is 2. The Hall–Kier alpha value is 1.23. The van der Waals surface area contributed by atoms with Crippen molar-refractivity contribution in [3.05, 3.63) is 0 Å². The van der Waals surface area contributed by atoms with Crippen LogP contribution in [0.1, 0.15) is 13.8 Å². The highest BCUT2D eigenvalue weighted by atomic mass is 35.9. The van der Waals surface area contributed by atoms with Gasteiger partial charge in [0.1, 0.15) is 4.74 Å². The molecule has 0 fully saturated rings. The molecule has 0 aliphatic carbocycles. The van der Waals surface area contributed by atoms with Crippen LogP contribution in [0.15, 0.2) is 0 Å². The van der Waals surface area contributed by atoms with Crippen LogP contribution in [0.2, 0.25) is 0 Å². The molecule has 50 valence electrons. The monoisotopic (exact) mass is 190 g/mol. The molecule has 0 atom stereocenters. The van der Waals surface area contributed by atoms with Crippen molar-refractivity contribution in [2.75, 3.05) is 6.16 Å². The van der Waals surface area contributed by atoms with Crippen molar-refractivity contribution >= 4 is 39.0 Å². The maximum Gasteiger partial charge on any atom is 0.120 e. The second kappa shape index (κ2) is 3.41. The zero-order chi connectivity index (χ0) is 6.78. The third kappa shape index (κ3) is 7.23. The minimum atomic E-state index is -1.94. The van der Waals surface area contributed by atoms with Crippen molar-refractivity contribution in [3.8, 4) is 0 Å². The van der Waals surface area contributed by atoms with E-state index in [1.54, 1.807) is 0 Å². The molecule has 0 unspecified atom stereocenters. The molecule has 0 radical (unpaired) electrons. The van der Waals surface area contributed by atoms with Crippen LogP contribution in [0, 0.1) is 5.92 Å². The van der Waals surface area contributed by atoms with Gasteiger partial charge in [0.05, 0.1) is 0 Å². The van der Waals surface area contributed by atoms with Crippen molar-refractivity contribution in [3.63, 3.8) is 0 Å². The maximum absolute atomic E-state index is 5.62. The van der Waals surface area contributed by atoms with Crippen molar-refractivity contribution in [1.29, 1.82) is 0 Å². The van der Waals surface area contributed by atoms with Gasteiger partial charge in [0.25, 0.3) is 0 Å². The zero-order valence-electron chi connectivity index (χ0n) is 4.90. The normalized spacial score (nSPS) is 12.6. The van der Waals surface area contributed by atoms with E-state index in [1.165, 1.54) is 0 Å². The fourth-order valence-corrected chi connectivity index (χ4v) is 3.83. The molecule has 0 saturated heterocycles. The lowest BCUT2D eigenvalue weighted by Gasteiger charge is -2.06. The first-order chi connectivity index (χ1) is 3.42. The van der Waals surface area contributed by atoms with Gasteiger partial charge < -0.3 is 0 Å². The summed E-state index contributed by atoms with van der Waals surface area (Å²) in [6.45, 7) is 4.12. The van der Waals surface area contributed by atoms with E-state index in [0.29, 0.717) is 5.92 Å². The molecule has 0 amide bonds. The minimum Gasteiger partial charge on any atom is -0.0683 e. The smallest absolute Gasteiger partial charge is 0.0683 e. The van der Waals surface area contributed by atoms with Crippen LogP contribution in [-0.4, -0.2) is 6.16 Å². The van der Waals surface area contributed by atoms with E-state index >= 15 is 0 Å². The lowest BCUT2D eigenvalue weighted by molar-refractivity contribution is 0.748. The average Bonchev–Trinajstić information content (AvgIpc) is 1.21. The van der Waals surface area contributed by atoms with Crippen LogP contribution in [-0.2, 0) is 11.8 Å². The Morgan fingerprint density at radius 2 is 1.88 bits per heavy atom. The van der Waals surface area contributed by atoms with Crippen molar-refractivity contribution in [1.82, 2.24) is 0 Å². The van der Waals surface area contributed by atoms with Crippen LogP contribution < -0.4 is 0 Å². The second-order valence-corrected chi connectivity index (χ2v) is 10.7. The van der Waals surface area contributed by atoms with Crippen LogP contribution in [0.25, 0.3) is 0 Å². The highest BCUT2D eigenvalue weighted by Gasteiger charge is 2.09. The van der Waals surface area contributed by atoms with Gasteiger partial charge in [0.2, 0.25) is 0 Å². The van der Waals surface area contributed by atoms with E-state index in [1.807, 2.05) is 0 Å². The summed E-state index contributed by atoms with van der Waals surface area (Å²) >= 11 is 16.0. The van der Waals surface area contributed by atoms with E-state index in [4.69, 9.17) is 34.3 Å². The number of hydrogen-bond acceptors (Lipinski definition) is 1. The van der Waals surface area contributed by atoms with Gasteiger partial charge in [-0.25, -0.2) is 0 Å². The predicted molar refractivity (Wildman–Crippen MR) is 45.7 cm³/mol. The van der Waals surface area contributed by atoms with Crippen LogP contribution >= 0.6 is 27.2 Å². The van der Waals surface area contributed by atoms with Gasteiger partial charge in [0.15, 0.2) is 0 Å². The summed E-state index contributed by atoms with van der Waals surface area (Å²) in [4.78, 5) is 0. The molecule has 0 aliphatic rings. The highest BCUT2D eigenvalue weighted by Crippen LogP contribution is 2.57. The molecule has 0 saturated carbocycles. The van der Waals surface area contributed by atoms with Crippen LogP contribution in [0.4, 0.5) is 0 Å². The molecule has 0 bridgehead atoms. The fourth-order valence-electron chi connectivity index (χ4n) is 0.425. The summed E-state index contributed by atoms with van der Waals surface area (Å²) in [6.07, 6.45) is 0.783. The van der Waals surface area contributed by atoms with Gasteiger partial charge in [-0.15, -0.1) is 0 Å². The van der Waals surface area contributed by atoms with Crippen LogP contribution in [0.3, 0.4) is 0 Å². The van der Waals surface area contributed by atoms with E-state index in [2.05, 4.69) is 13.8 Å². The van der Waals surface area contributed by atoms with E-state index < -0.39 is 4.74 Å². The highest BCUT2D eigenvalue weighted by molar-refractivity contribution is 8.39. The first kappa shape index (κ1) is 9.23. The summed E-state index contributed by atoms with van der Waals surface area (Å²) in [5, 5.41) is 0. The standard InChI is InChI=1S/C4H9Cl2PS/c1-4(2)3-7(5,6)8/h4H,3H2,1-2H3. The number of hydrogen-bond donors (Lipinski definition) is 0. The maximum atomic E-state index is 5.62. The van der Waals surface area contributed by atoms with Gasteiger partial charge in [0, 0.05) is 6.16 Å². The van der Waals surface area contributed by atoms with Gasteiger partial charge in [-0.3, -0.25) is 0 Å². The molecule has 0 spiro atoms. The van der Waals surface area contributed by atoms with E-state index in [-0.39, 0.29) is 0 Å². The van der Waals surface area contributed by atoms with Gasteiger partial charge in [-0.05, 0) is 5.92 Å². The third-order valence-corrected chi connectivity index (χ3v) is 3.01. The van der Waals surface area contributed by atoms with Crippen molar-refractivity contribution in [2.45, 2.75) is 13.8 Å². The van der Waals surface area contributed by atoms with E-state index in [9.17, 15) is 0 Å². The molecular formula is C4H9Cl2PS. The summed E-state index contributed by atoms with van der Waals surface area (Å²) in [5.41, 5.74) is 0. The molecule has 8 heavy (non-hydrogen) atoms. The lowest BCUT2D eigenvalue weighted by Crippen LogP contribution is -1.89. The molecule has 0 aromatic rings. The number of rotatable bonds is 2. The summed E-state index contributed by atoms with van der Waals surface area (Å²) in [5.74, 6) is 0.524.